The van der Waals surface area contributed by atoms with Crippen molar-refractivity contribution in [3.63, 3.8) is 0 Å². The number of imidazole rings is 1. The first kappa shape index (κ1) is 77.6. The Kier molecular flexibility index (Phi) is 38.4. The molecular formula is C54H101N23O12. The predicted molar refractivity (Wildman–Crippen MR) is 330 cm³/mol. The number of aromatic amines is 1. The molecule has 10 amide bonds. The second-order valence-corrected chi connectivity index (χ2v) is 21.4. The van der Waals surface area contributed by atoms with E-state index in [2.05, 4.69) is 62.8 Å². The van der Waals surface area contributed by atoms with Gasteiger partial charge in [-0.25, -0.2) is 4.98 Å². The van der Waals surface area contributed by atoms with E-state index in [1.165, 1.54) is 23.5 Å². The van der Waals surface area contributed by atoms with Crippen molar-refractivity contribution in [2.75, 3.05) is 72.0 Å². The fourth-order valence-electron chi connectivity index (χ4n) is 9.25. The number of guanidine groups is 1. The van der Waals surface area contributed by atoms with Crippen LogP contribution in [0.4, 0.5) is 0 Å². The number of aliphatic imine (C=N–C) groups is 1. The van der Waals surface area contributed by atoms with Crippen LogP contribution in [0.5, 0.6) is 0 Å². The maximum atomic E-state index is 14.5. The molecule has 32 N–H and O–H groups in total. The minimum atomic E-state index is -1.84. The second kappa shape index (κ2) is 44.0. The Morgan fingerprint density at radius 3 is 1.79 bits per heavy atom. The van der Waals surface area contributed by atoms with Crippen molar-refractivity contribution in [3.8, 4) is 0 Å². The number of aliphatic hydroxyl groups is 2. The zero-order chi connectivity index (χ0) is 66.3. The third-order valence-electron chi connectivity index (χ3n) is 14.3. The first-order chi connectivity index (χ1) is 42.6. The van der Waals surface area contributed by atoms with E-state index in [-0.39, 0.29) is 89.2 Å². The van der Waals surface area contributed by atoms with Crippen LogP contribution >= 0.6 is 0 Å². The van der Waals surface area contributed by atoms with E-state index >= 15 is 0 Å². The van der Waals surface area contributed by atoms with Crippen LogP contribution in [0.25, 0.3) is 0 Å². The lowest BCUT2D eigenvalue weighted by molar-refractivity contribution is -0.142. The molecule has 35 heteroatoms. The summed E-state index contributed by atoms with van der Waals surface area (Å²) in [7, 11) is 0. The Hall–Kier alpha value is -7.48. The summed E-state index contributed by atoms with van der Waals surface area (Å²) in [5.74, 6) is -8.63. The quantitative estimate of drug-likeness (QED) is 0.0125. The van der Waals surface area contributed by atoms with Gasteiger partial charge in [-0.3, -0.25) is 52.9 Å². The Bertz CT molecular complexity index is 2420. The molecule has 1 aliphatic rings. The average Bonchev–Trinajstić information content (AvgIpc) is 3.90. The van der Waals surface area contributed by atoms with Crippen molar-refractivity contribution >= 4 is 65.0 Å². The lowest BCUT2D eigenvalue weighted by Gasteiger charge is -2.30. The van der Waals surface area contributed by atoms with E-state index in [1.54, 1.807) is 0 Å². The summed E-state index contributed by atoms with van der Waals surface area (Å²) < 4.78 is 0. The number of carbonyl (C=O) groups excluding carboxylic acids is 10. The SMILES string of the molecule is NCCCCNC(=O)[C@H](CCCCN)NC(=O)/C(=C/CCN=C(N)N)NC(=O)[C@@H](CCCCN)NC(=O)[C@H](Cc1cnc[nH]1)NC(=O)[C@@H]1CCCN1C(=O)[C@@H](CCCN)NC(=O)CNC(=O)[C@@H](NC(=O)[C@@H](NC(=O)[C@@H](N)CCCCN)[C@@H](O)CN)[C@@H](O)CN. The Morgan fingerprint density at radius 1 is 0.629 bits per heavy atom. The van der Waals surface area contributed by atoms with Gasteiger partial charge in [-0.15, -0.1) is 0 Å². The number of aromatic nitrogens is 2. The number of hydrogen-bond donors (Lipinski definition) is 22. The molecule has 1 aromatic rings. The van der Waals surface area contributed by atoms with Crippen LogP contribution in [0.1, 0.15) is 108 Å². The van der Waals surface area contributed by atoms with Crippen LogP contribution in [0.15, 0.2) is 29.3 Å². The molecule has 0 unspecified atom stereocenters. The number of nitrogens with two attached hydrogens (primary N) is 10. The summed E-state index contributed by atoms with van der Waals surface area (Å²) in [6.07, 6.45) is 5.86. The molecule has 1 fully saturated rings. The van der Waals surface area contributed by atoms with E-state index in [0.29, 0.717) is 89.7 Å². The van der Waals surface area contributed by atoms with Gasteiger partial charge in [0, 0.05) is 51.0 Å². The van der Waals surface area contributed by atoms with Gasteiger partial charge in [-0.2, -0.15) is 0 Å². The highest BCUT2D eigenvalue weighted by molar-refractivity contribution is 6.02. The standard InChI is InChI=1S/C54H101N23O12/c55-18-4-1-12-33(62)45(81)75-44(41(79)28-61)52(88)76-43(40(78)27-60)51(87)68-30-42(80)70-37(15-9-22-59)53(89)77-25-11-17-39(77)50(86)74-38(26-32-29-65-31-69-32)49(85)73-35(14-3-6-20-57)47(83)72-36(16-10-24-67-54(63)64)48(84)71-34(13-2-5-19-56)46(82)66-23-8-7-21-58/h16,29,31,33-35,37-41,43-44,78-79H,1-15,17-28,30,55-62H2,(H,65,69)(H,66,82)(H,68,87)(H,70,80)(H,71,84)(H,72,83)(H,73,85)(H,74,86)(H,75,81)(H,76,88)(H4,63,64,67)/b36-16-/t33-,34-,35+,37+,38-,39-,40-,41-,43-,44-/m0/s1. The minimum absolute atomic E-state index is 0.0148. The molecule has 35 nitrogen and oxygen atoms in total. The zero-order valence-corrected chi connectivity index (χ0v) is 50.9. The monoisotopic (exact) mass is 1260 g/mol. The summed E-state index contributed by atoms with van der Waals surface area (Å²) >= 11 is 0. The second-order valence-electron chi connectivity index (χ2n) is 21.4. The topological polar surface area (TPSA) is 624 Å². The molecule has 0 radical (unpaired) electrons. The Balaban J connectivity index is 2.39. The van der Waals surface area contributed by atoms with Crippen LogP contribution in [-0.4, -0.2) is 223 Å². The van der Waals surface area contributed by atoms with Crippen molar-refractivity contribution < 1.29 is 58.2 Å². The number of amides is 10. The van der Waals surface area contributed by atoms with Crippen molar-refractivity contribution in [2.45, 2.75) is 170 Å². The molecule has 2 rings (SSSR count). The molecule has 504 valence electrons. The predicted octanol–water partition coefficient (Wildman–Crippen LogP) is -9.42. The summed E-state index contributed by atoms with van der Waals surface area (Å²) in [4.78, 5) is 151. The van der Waals surface area contributed by atoms with Gasteiger partial charge in [0.2, 0.25) is 53.2 Å². The van der Waals surface area contributed by atoms with E-state index in [9.17, 15) is 58.2 Å². The number of likely N-dealkylation sites (tertiary alicyclic amines) is 1. The van der Waals surface area contributed by atoms with Crippen LogP contribution in [0.3, 0.4) is 0 Å². The molecule has 0 aliphatic carbocycles. The zero-order valence-electron chi connectivity index (χ0n) is 50.9. The third-order valence-corrected chi connectivity index (χ3v) is 14.3. The number of carbonyl (C=O) groups is 10. The van der Waals surface area contributed by atoms with E-state index in [0.717, 1.165) is 0 Å². The highest BCUT2D eigenvalue weighted by atomic mass is 16.3. The molecule has 2 heterocycles. The fraction of sp³-hybridized carbons (Fsp3) is 0.704. The van der Waals surface area contributed by atoms with Crippen LogP contribution in [0.2, 0.25) is 0 Å². The van der Waals surface area contributed by atoms with Crippen LogP contribution in [0, 0.1) is 0 Å². The van der Waals surface area contributed by atoms with Crippen molar-refractivity contribution in [3.05, 3.63) is 30.0 Å². The van der Waals surface area contributed by atoms with Gasteiger partial charge < -0.3 is 125 Å². The molecule has 0 bridgehead atoms. The molecule has 1 aromatic heterocycles. The lowest BCUT2D eigenvalue weighted by Crippen LogP contribution is -2.63. The number of aliphatic hydroxyl groups excluding tert-OH is 2. The molecule has 0 spiro atoms. The molecule has 10 atom stereocenters. The van der Waals surface area contributed by atoms with Gasteiger partial charge in [0.05, 0.1) is 31.1 Å². The summed E-state index contributed by atoms with van der Waals surface area (Å²) in [6.45, 7) is -0.0523. The van der Waals surface area contributed by atoms with Gasteiger partial charge in [0.25, 0.3) is 5.91 Å². The molecule has 0 aromatic carbocycles. The van der Waals surface area contributed by atoms with E-state index < -0.39 is 139 Å². The molecule has 1 aliphatic heterocycles. The summed E-state index contributed by atoms with van der Waals surface area (Å²) in [6, 6.07) is -10.9. The maximum Gasteiger partial charge on any atom is 0.268 e. The largest absolute Gasteiger partial charge is 0.389 e. The van der Waals surface area contributed by atoms with Gasteiger partial charge >= 0.3 is 0 Å². The van der Waals surface area contributed by atoms with Crippen molar-refractivity contribution in [2.24, 2.45) is 62.3 Å². The Morgan fingerprint density at radius 2 is 1.20 bits per heavy atom. The third kappa shape index (κ3) is 29.1. The molecule has 0 saturated carbocycles. The number of unbranched alkanes of at least 4 members (excludes halogenated alkanes) is 4. The van der Waals surface area contributed by atoms with Gasteiger partial charge in [0.1, 0.15) is 48.0 Å². The first-order valence-electron chi connectivity index (χ1n) is 30.3. The Labute approximate surface area is 518 Å². The molecular weight excluding hydrogens is 1160 g/mol. The van der Waals surface area contributed by atoms with Gasteiger partial charge in [-0.05, 0) is 129 Å². The minimum Gasteiger partial charge on any atom is -0.389 e. The van der Waals surface area contributed by atoms with E-state index in [1.807, 2.05) is 0 Å². The number of nitrogens with one attached hydrogen (secondary N) is 10. The van der Waals surface area contributed by atoms with Crippen LogP contribution < -0.4 is 105 Å². The molecule has 89 heavy (non-hydrogen) atoms. The number of rotatable bonds is 46. The number of nitrogens with zero attached hydrogens (tertiary/aromatic N) is 3. The highest BCUT2D eigenvalue weighted by Gasteiger charge is 2.40. The molecule has 1 saturated heterocycles. The fourth-order valence-corrected chi connectivity index (χ4v) is 9.25. The summed E-state index contributed by atoms with van der Waals surface area (Å²) in [5.41, 5.74) is 56.8. The lowest BCUT2D eigenvalue weighted by atomic mass is 10.0. The first-order valence-corrected chi connectivity index (χ1v) is 30.3. The number of H-pyrrole nitrogens is 1. The van der Waals surface area contributed by atoms with Gasteiger partial charge in [0.15, 0.2) is 5.96 Å². The van der Waals surface area contributed by atoms with E-state index in [4.69, 9.17) is 57.3 Å². The average molecular weight is 1260 g/mol. The smallest absolute Gasteiger partial charge is 0.268 e. The highest BCUT2D eigenvalue weighted by Crippen LogP contribution is 2.21. The van der Waals surface area contributed by atoms with Crippen LogP contribution in [-0.2, 0) is 54.4 Å². The summed E-state index contributed by atoms with van der Waals surface area (Å²) in [5, 5.41) is 44.3. The maximum absolute atomic E-state index is 14.5. The van der Waals surface area contributed by atoms with Gasteiger partial charge in [-0.1, -0.05) is 12.5 Å². The van der Waals surface area contributed by atoms with Crippen molar-refractivity contribution in [1.29, 1.82) is 0 Å². The normalized spacial score (nSPS) is 16.1. The number of hydrogen-bond acceptors (Lipinski definition) is 22. The van der Waals surface area contributed by atoms with Crippen molar-refractivity contribution in [1.82, 2.24) is 62.7 Å².